The molecule has 0 radical (unpaired) electrons. The summed E-state index contributed by atoms with van der Waals surface area (Å²) in [7, 11) is 0. The zero-order valence-electron chi connectivity index (χ0n) is 20.9. The summed E-state index contributed by atoms with van der Waals surface area (Å²) < 4.78 is 7.74. The van der Waals surface area contributed by atoms with Crippen molar-refractivity contribution in [1.29, 1.82) is 0 Å². The molecule has 8 nitrogen and oxygen atoms in total. The lowest BCUT2D eigenvalue weighted by molar-refractivity contribution is -0.123. The number of H-pyrrole nitrogens is 1. The van der Waals surface area contributed by atoms with Crippen LogP contribution in [-0.4, -0.2) is 37.5 Å². The van der Waals surface area contributed by atoms with Crippen molar-refractivity contribution in [3.8, 4) is 11.4 Å². The molecule has 3 heterocycles. The fourth-order valence-corrected chi connectivity index (χ4v) is 4.77. The zero-order chi connectivity index (χ0) is 26.2. The van der Waals surface area contributed by atoms with Crippen LogP contribution < -0.4 is 5.32 Å². The number of anilines is 1. The van der Waals surface area contributed by atoms with Crippen LogP contribution in [0, 0.1) is 0 Å². The van der Waals surface area contributed by atoms with Crippen LogP contribution in [0.25, 0.3) is 44.2 Å². The number of imidazole rings is 1. The van der Waals surface area contributed by atoms with Crippen molar-refractivity contribution in [2.45, 2.75) is 26.5 Å². The molecule has 3 aromatic heterocycles. The van der Waals surface area contributed by atoms with Crippen molar-refractivity contribution in [2.24, 2.45) is 0 Å². The smallest absolute Gasteiger partial charge is 0.338 e. The van der Waals surface area contributed by atoms with Crippen LogP contribution >= 0.6 is 0 Å². The molecular weight excluding hydrogens is 478 g/mol. The number of pyridine rings is 1. The Bertz CT molecular complexity index is 1820. The Morgan fingerprint density at radius 1 is 1.00 bits per heavy atom. The average Bonchev–Trinajstić information content (AvgIpc) is 3.52. The lowest BCUT2D eigenvalue weighted by atomic mass is 10.1. The molecule has 0 saturated heterocycles. The maximum atomic E-state index is 12.9. The van der Waals surface area contributed by atoms with E-state index in [1.807, 2.05) is 42.5 Å². The van der Waals surface area contributed by atoms with Crippen molar-refractivity contribution in [1.82, 2.24) is 19.5 Å². The molecule has 188 valence electrons. The van der Waals surface area contributed by atoms with Gasteiger partial charge in [0.05, 0.1) is 16.6 Å². The normalized spacial score (nSPS) is 12.2. The second-order valence-corrected chi connectivity index (χ2v) is 9.09. The maximum Gasteiger partial charge on any atom is 0.338 e. The molecular formula is C30H25N5O3. The van der Waals surface area contributed by atoms with Gasteiger partial charge in [0.25, 0.3) is 5.91 Å². The molecule has 0 fully saturated rings. The first kappa shape index (κ1) is 23.4. The van der Waals surface area contributed by atoms with Crippen LogP contribution in [0.1, 0.15) is 24.2 Å². The Kier molecular flexibility index (Phi) is 5.84. The lowest BCUT2D eigenvalue weighted by Crippen LogP contribution is -2.30. The summed E-state index contributed by atoms with van der Waals surface area (Å²) in [6, 6.07) is 22.8. The number of fused-ring (bicyclic) bond motifs is 4. The SMILES string of the molecule is CCn1c2ccccc2c2cc(NC(=O)C(C)OC(=O)c3ccc4nc(-c5cccnc5)[nH]c4c3)ccc21. The van der Waals surface area contributed by atoms with Crippen LogP contribution in [0.3, 0.4) is 0 Å². The third-order valence-corrected chi connectivity index (χ3v) is 6.66. The van der Waals surface area contributed by atoms with Gasteiger partial charge in [-0.05, 0) is 68.4 Å². The summed E-state index contributed by atoms with van der Waals surface area (Å²) in [5.74, 6) is -0.336. The van der Waals surface area contributed by atoms with Crippen molar-refractivity contribution >= 4 is 50.4 Å². The third kappa shape index (κ3) is 4.16. The van der Waals surface area contributed by atoms with Crippen molar-refractivity contribution in [2.75, 3.05) is 5.32 Å². The van der Waals surface area contributed by atoms with E-state index < -0.39 is 18.0 Å². The number of esters is 1. The molecule has 0 saturated carbocycles. The Balaban J connectivity index is 1.18. The topological polar surface area (TPSA) is 102 Å². The highest BCUT2D eigenvalue weighted by Gasteiger charge is 2.20. The molecule has 1 amide bonds. The van der Waals surface area contributed by atoms with Crippen molar-refractivity contribution in [3.05, 3.63) is 90.8 Å². The Morgan fingerprint density at radius 2 is 1.84 bits per heavy atom. The number of ether oxygens (including phenoxy) is 1. The van der Waals surface area contributed by atoms with E-state index in [2.05, 4.69) is 43.9 Å². The van der Waals surface area contributed by atoms with E-state index >= 15 is 0 Å². The van der Waals surface area contributed by atoms with Gasteiger partial charge in [-0.1, -0.05) is 18.2 Å². The number of carbonyl (C=O) groups excluding carboxylic acids is 2. The summed E-state index contributed by atoms with van der Waals surface area (Å²) in [5, 5.41) is 5.07. The fourth-order valence-electron chi connectivity index (χ4n) is 4.77. The molecule has 3 aromatic carbocycles. The molecule has 0 aliphatic heterocycles. The number of nitrogens with zero attached hydrogens (tertiary/aromatic N) is 3. The van der Waals surface area contributed by atoms with E-state index in [0.29, 0.717) is 28.1 Å². The molecule has 0 spiro atoms. The van der Waals surface area contributed by atoms with Crippen LogP contribution in [0.5, 0.6) is 0 Å². The molecule has 0 aliphatic rings. The van der Waals surface area contributed by atoms with Crippen LogP contribution in [0.2, 0.25) is 0 Å². The standard InChI is InChI=1S/C30H25N5O3/c1-3-35-26-9-5-4-8-22(26)23-16-21(11-13-27(23)35)32-29(36)18(2)38-30(37)19-10-12-24-25(15-19)34-28(33-24)20-7-6-14-31-17-20/h4-18H,3H2,1-2H3,(H,32,36)(H,33,34). The highest BCUT2D eigenvalue weighted by atomic mass is 16.5. The number of nitrogens with one attached hydrogen (secondary N) is 2. The number of amides is 1. The summed E-state index contributed by atoms with van der Waals surface area (Å²) in [6.07, 6.45) is 2.42. The largest absolute Gasteiger partial charge is 0.449 e. The Labute approximate surface area is 218 Å². The molecule has 38 heavy (non-hydrogen) atoms. The number of aromatic amines is 1. The number of carbonyl (C=O) groups is 2. The molecule has 6 aromatic rings. The van der Waals surface area contributed by atoms with Crippen LogP contribution in [0.15, 0.2) is 85.2 Å². The quantitative estimate of drug-likeness (QED) is 0.274. The van der Waals surface area contributed by atoms with Gasteiger partial charge in [-0.3, -0.25) is 9.78 Å². The van der Waals surface area contributed by atoms with Gasteiger partial charge >= 0.3 is 5.97 Å². The number of aromatic nitrogens is 4. The lowest BCUT2D eigenvalue weighted by Gasteiger charge is -2.14. The van der Waals surface area contributed by atoms with Gasteiger partial charge in [0.15, 0.2) is 6.10 Å². The first-order valence-electron chi connectivity index (χ1n) is 12.4. The van der Waals surface area contributed by atoms with Gasteiger partial charge in [-0.15, -0.1) is 0 Å². The summed E-state index contributed by atoms with van der Waals surface area (Å²) >= 11 is 0. The van der Waals surface area contributed by atoms with Crippen molar-refractivity contribution < 1.29 is 14.3 Å². The van der Waals surface area contributed by atoms with Crippen LogP contribution in [-0.2, 0) is 16.1 Å². The van der Waals surface area contributed by atoms with E-state index in [0.717, 1.165) is 33.9 Å². The van der Waals surface area contributed by atoms with E-state index in [-0.39, 0.29) is 0 Å². The monoisotopic (exact) mass is 503 g/mol. The van der Waals surface area contributed by atoms with E-state index in [4.69, 9.17) is 4.74 Å². The number of aryl methyl sites for hydroxylation is 1. The molecule has 1 unspecified atom stereocenters. The van der Waals surface area contributed by atoms with Gasteiger partial charge in [0, 0.05) is 52.0 Å². The third-order valence-electron chi connectivity index (χ3n) is 6.66. The zero-order valence-corrected chi connectivity index (χ0v) is 20.9. The minimum absolute atomic E-state index is 0.326. The molecule has 0 aliphatic carbocycles. The minimum atomic E-state index is -0.987. The maximum absolute atomic E-state index is 12.9. The first-order valence-corrected chi connectivity index (χ1v) is 12.4. The van der Waals surface area contributed by atoms with Gasteiger partial charge in [-0.2, -0.15) is 0 Å². The van der Waals surface area contributed by atoms with Crippen LogP contribution in [0.4, 0.5) is 5.69 Å². The van der Waals surface area contributed by atoms with E-state index in [9.17, 15) is 9.59 Å². The predicted octanol–water partition coefficient (Wildman–Crippen LogP) is 5.94. The van der Waals surface area contributed by atoms with Gasteiger partial charge < -0.3 is 19.6 Å². The number of benzene rings is 3. The molecule has 6 rings (SSSR count). The summed E-state index contributed by atoms with van der Waals surface area (Å²) in [5.41, 5.74) is 5.47. The highest BCUT2D eigenvalue weighted by Crippen LogP contribution is 2.31. The highest BCUT2D eigenvalue weighted by molar-refractivity contribution is 6.10. The average molecular weight is 504 g/mol. The fraction of sp³-hybridized carbons (Fsp3) is 0.133. The second kappa shape index (κ2) is 9.48. The number of hydrogen-bond acceptors (Lipinski definition) is 5. The number of para-hydroxylation sites is 1. The molecule has 8 heteroatoms. The Hall–Kier alpha value is -4.98. The van der Waals surface area contributed by atoms with Gasteiger partial charge in [0.2, 0.25) is 0 Å². The summed E-state index contributed by atoms with van der Waals surface area (Å²) in [6.45, 7) is 4.52. The van der Waals surface area contributed by atoms with Gasteiger partial charge in [-0.25, -0.2) is 9.78 Å². The van der Waals surface area contributed by atoms with E-state index in [1.54, 1.807) is 37.5 Å². The van der Waals surface area contributed by atoms with Crippen molar-refractivity contribution in [3.63, 3.8) is 0 Å². The second-order valence-electron chi connectivity index (χ2n) is 9.09. The molecule has 2 N–H and O–H groups in total. The predicted molar refractivity (Wildman–Crippen MR) is 148 cm³/mol. The van der Waals surface area contributed by atoms with E-state index in [1.165, 1.54) is 0 Å². The molecule has 1 atom stereocenters. The van der Waals surface area contributed by atoms with Gasteiger partial charge in [0.1, 0.15) is 5.82 Å². The molecule has 0 bridgehead atoms. The summed E-state index contributed by atoms with van der Waals surface area (Å²) in [4.78, 5) is 37.6. The minimum Gasteiger partial charge on any atom is -0.449 e. The Morgan fingerprint density at radius 3 is 2.66 bits per heavy atom. The number of hydrogen-bond donors (Lipinski definition) is 2. The first-order chi connectivity index (χ1) is 18.5. The number of rotatable bonds is 6.